The average Bonchev–Trinajstić information content (AvgIpc) is 3.00. The van der Waals surface area contributed by atoms with Crippen molar-refractivity contribution in [1.82, 2.24) is 4.57 Å². The van der Waals surface area contributed by atoms with Crippen LogP contribution in [0.4, 0.5) is 0 Å². The van der Waals surface area contributed by atoms with E-state index in [1.165, 1.54) is 77.0 Å². The zero-order valence-electron chi connectivity index (χ0n) is 15.4. The van der Waals surface area contributed by atoms with E-state index in [0.29, 0.717) is 6.04 Å². The maximum absolute atomic E-state index is 2.39. The van der Waals surface area contributed by atoms with Crippen LogP contribution in [0.5, 0.6) is 0 Å². The zero-order chi connectivity index (χ0) is 16.0. The molecule has 1 unspecified atom stereocenters. The predicted molar refractivity (Wildman–Crippen MR) is 96.1 cm³/mol. The molecule has 0 saturated carbocycles. The van der Waals surface area contributed by atoms with E-state index < -0.39 is 0 Å². The van der Waals surface area contributed by atoms with Gasteiger partial charge in [0.25, 0.3) is 0 Å². The Morgan fingerprint density at radius 2 is 1.41 bits per heavy atom. The van der Waals surface area contributed by atoms with E-state index in [1.54, 1.807) is 0 Å². The standard InChI is InChI=1S/C20H39N2/c1-4-6-8-9-10-11-12-13-14-15-20(3)22-18-17-21(19-22)16-7-5-2/h17-20H,4-16H2,1-3H3/q+1. The monoisotopic (exact) mass is 307 g/mol. The molecule has 2 nitrogen and oxygen atoms in total. The Morgan fingerprint density at radius 1 is 0.818 bits per heavy atom. The lowest BCUT2D eigenvalue weighted by Gasteiger charge is -2.07. The Hall–Kier alpha value is -0.790. The lowest BCUT2D eigenvalue weighted by atomic mass is 10.0. The number of nitrogens with zero attached hydrogens (tertiary/aromatic N) is 2. The van der Waals surface area contributed by atoms with Gasteiger partial charge in [-0.05, 0) is 26.2 Å². The maximum atomic E-state index is 2.39. The molecule has 22 heavy (non-hydrogen) atoms. The zero-order valence-corrected chi connectivity index (χ0v) is 15.4. The van der Waals surface area contributed by atoms with Gasteiger partial charge in [0.2, 0.25) is 6.33 Å². The topological polar surface area (TPSA) is 8.81 Å². The maximum Gasteiger partial charge on any atom is 0.243 e. The summed E-state index contributed by atoms with van der Waals surface area (Å²) >= 11 is 0. The van der Waals surface area contributed by atoms with Gasteiger partial charge in [-0.15, -0.1) is 0 Å². The third-order valence-electron chi connectivity index (χ3n) is 4.72. The molecule has 0 aromatic carbocycles. The van der Waals surface area contributed by atoms with E-state index in [4.69, 9.17) is 0 Å². The van der Waals surface area contributed by atoms with Crippen LogP contribution in [0, 0.1) is 0 Å². The summed E-state index contributed by atoms with van der Waals surface area (Å²) in [5.74, 6) is 0. The van der Waals surface area contributed by atoms with Crippen molar-refractivity contribution >= 4 is 0 Å². The summed E-state index contributed by atoms with van der Waals surface area (Å²) in [5, 5.41) is 0. The minimum absolute atomic E-state index is 0.646. The number of hydrogen-bond acceptors (Lipinski definition) is 0. The first-order valence-corrected chi connectivity index (χ1v) is 9.84. The van der Waals surface area contributed by atoms with Gasteiger partial charge in [0.05, 0.1) is 12.6 Å². The SMILES string of the molecule is CCCCCCCCCCCC(C)n1cc[n+](CCCC)c1. The highest BCUT2D eigenvalue weighted by atomic mass is 15.1. The van der Waals surface area contributed by atoms with E-state index in [1.807, 2.05) is 0 Å². The van der Waals surface area contributed by atoms with Gasteiger partial charge in [0.15, 0.2) is 0 Å². The van der Waals surface area contributed by atoms with Gasteiger partial charge in [-0.1, -0.05) is 71.6 Å². The quantitative estimate of drug-likeness (QED) is 0.292. The van der Waals surface area contributed by atoms with E-state index >= 15 is 0 Å². The molecule has 1 atom stereocenters. The molecule has 1 aromatic heterocycles. The Bertz CT molecular complexity index is 356. The molecular formula is C20H39N2+. The van der Waals surface area contributed by atoms with E-state index in [2.05, 4.69) is 48.6 Å². The number of imidazole rings is 1. The van der Waals surface area contributed by atoms with Crippen LogP contribution in [-0.4, -0.2) is 4.57 Å². The number of aryl methyl sites for hydroxylation is 1. The molecule has 0 N–H and O–H groups in total. The fourth-order valence-corrected chi connectivity index (χ4v) is 3.04. The molecule has 1 aromatic rings. The van der Waals surface area contributed by atoms with Crippen molar-refractivity contribution in [2.45, 2.75) is 110 Å². The lowest BCUT2D eigenvalue weighted by molar-refractivity contribution is -0.697. The minimum Gasteiger partial charge on any atom is -0.237 e. The highest BCUT2D eigenvalue weighted by Gasteiger charge is 2.11. The smallest absolute Gasteiger partial charge is 0.237 e. The van der Waals surface area contributed by atoms with Crippen molar-refractivity contribution in [3.05, 3.63) is 18.7 Å². The van der Waals surface area contributed by atoms with Crippen molar-refractivity contribution in [2.24, 2.45) is 0 Å². The summed E-state index contributed by atoms with van der Waals surface area (Å²) in [7, 11) is 0. The van der Waals surface area contributed by atoms with Crippen LogP contribution < -0.4 is 4.57 Å². The Morgan fingerprint density at radius 3 is 2.05 bits per heavy atom. The van der Waals surface area contributed by atoms with Crippen molar-refractivity contribution in [3.8, 4) is 0 Å². The van der Waals surface area contributed by atoms with E-state index in [9.17, 15) is 0 Å². The van der Waals surface area contributed by atoms with Gasteiger partial charge in [-0.25, -0.2) is 9.13 Å². The number of unbranched alkanes of at least 4 members (excludes halogenated alkanes) is 9. The molecule has 2 heteroatoms. The largest absolute Gasteiger partial charge is 0.243 e. The molecule has 0 saturated heterocycles. The van der Waals surface area contributed by atoms with Crippen LogP contribution >= 0.6 is 0 Å². The normalized spacial score (nSPS) is 12.7. The summed E-state index contributed by atoms with van der Waals surface area (Å²) in [6, 6.07) is 0.646. The van der Waals surface area contributed by atoms with Gasteiger partial charge in [-0.3, -0.25) is 0 Å². The van der Waals surface area contributed by atoms with Crippen molar-refractivity contribution in [3.63, 3.8) is 0 Å². The van der Waals surface area contributed by atoms with Crippen LogP contribution in [0.2, 0.25) is 0 Å². The first kappa shape index (κ1) is 19.3. The molecule has 0 spiro atoms. The van der Waals surface area contributed by atoms with Gasteiger partial charge in [0, 0.05) is 0 Å². The molecule has 0 aliphatic carbocycles. The Kier molecular flexibility index (Phi) is 11.1. The Balaban J connectivity index is 2.03. The summed E-state index contributed by atoms with van der Waals surface area (Å²) in [6.07, 6.45) is 23.4. The summed E-state index contributed by atoms with van der Waals surface area (Å²) in [6.45, 7) is 8.06. The van der Waals surface area contributed by atoms with Gasteiger partial charge in [-0.2, -0.15) is 0 Å². The van der Waals surface area contributed by atoms with Crippen LogP contribution in [0.3, 0.4) is 0 Å². The first-order valence-electron chi connectivity index (χ1n) is 9.84. The second kappa shape index (κ2) is 12.7. The van der Waals surface area contributed by atoms with Crippen molar-refractivity contribution in [1.29, 1.82) is 0 Å². The van der Waals surface area contributed by atoms with Crippen LogP contribution in [0.1, 0.15) is 104 Å². The van der Waals surface area contributed by atoms with E-state index in [-0.39, 0.29) is 0 Å². The fourth-order valence-electron chi connectivity index (χ4n) is 3.04. The summed E-state index contributed by atoms with van der Waals surface area (Å²) < 4.78 is 4.72. The van der Waals surface area contributed by atoms with Crippen molar-refractivity contribution in [2.75, 3.05) is 0 Å². The van der Waals surface area contributed by atoms with Gasteiger partial charge < -0.3 is 0 Å². The fraction of sp³-hybridized carbons (Fsp3) is 0.850. The number of hydrogen-bond donors (Lipinski definition) is 0. The molecule has 128 valence electrons. The third-order valence-corrected chi connectivity index (χ3v) is 4.72. The molecule has 1 rings (SSSR count). The third kappa shape index (κ3) is 8.60. The molecule has 0 aliphatic heterocycles. The molecule has 0 aliphatic rings. The lowest BCUT2D eigenvalue weighted by Crippen LogP contribution is -2.30. The second-order valence-corrected chi connectivity index (χ2v) is 6.92. The molecular weight excluding hydrogens is 268 g/mol. The van der Waals surface area contributed by atoms with Crippen molar-refractivity contribution < 1.29 is 4.57 Å². The van der Waals surface area contributed by atoms with Gasteiger partial charge >= 0.3 is 0 Å². The number of rotatable bonds is 14. The first-order chi connectivity index (χ1) is 10.8. The predicted octanol–water partition coefficient (Wildman–Crippen LogP) is 6.06. The van der Waals surface area contributed by atoms with E-state index in [0.717, 1.165) is 6.54 Å². The van der Waals surface area contributed by atoms with Gasteiger partial charge in [0.1, 0.15) is 12.4 Å². The summed E-state index contributed by atoms with van der Waals surface area (Å²) in [4.78, 5) is 0. The minimum atomic E-state index is 0.646. The number of aromatic nitrogens is 2. The van der Waals surface area contributed by atoms with Crippen LogP contribution in [-0.2, 0) is 6.54 Å². The molecule has 0 fully saturated rings. The average molecular weight is 308 g/mol. The highest BCUT2D eigenvalue weighted by molar-refractivity contribution is 4.72. The molecule has 0 radical (unpaired) electrons. The second-order valence-electron chi connectivity index (χ2n) is 6.92. The molecule has 0 amide bonds. The van der Waals surface area contributed by atoms with Crippen LogP contribution in [0.25, 0.3) is 0 Å². The molecule has 1 heterocycles. The summed E-state index contributed by atoms with van der Waals surface area (Å²) in [5.41, 5.74) is 0. The highest BCUT2D eigenvalue weighted by Crippen LogP contribution is 2.16. The molecule has 0 bridgehead atoms. The van der Waals surface area contributed by atoms with Crippen LogP contribution in [0.15, 0.2) is 18.7 Å². The Labute approximate surface area is 138 Å².